The minimum atomic E-state index is -1.17. The summed E-state index contributed by atoms with van der Waals surface area (Å²) in [6, 6.07) is 1.77. The number of benzene rings is 1. The minimum absolute atomic E-state index is 0.0110. The number of hydrogen-bond acceptors (Lipinski definition) is 4. The average molecular weight is 257 g/mol. The molecule has 5 nitrogen and oxygen atoms in total. The van der Waals surface area contributed by atoms with Crippen molar-refractivity contribution in [3.63, 3.8) is 0 Å². The molecular formula is C11H13F2N3O2. The Morgan fingerprint density at radius 2 is 1.94 bits per heavy atom. The van der Waals surface area contributed by atoms with Crippen LogP contribution in [-0.4, -0.2) is 24.1 Å². The standard InChI is InChI=1S/C11H13F2N3O2/c12-8-1-2-9(16(17)18)11(10(8)13)15-5-3-7(14)4-6-15/h1-2,7H,3-6,14H2. The topological polar surface area (TPSA) is 72.4 Å². The number of nitrogens with two attached hydrogens (primary N) is 1. The Morgan fingerprint density at radius 3 is 2.50 bits per heavy atom. The van der Waals surface area contributed by atoms with Gasteiger partial charge in [-0.1, -0.05) is 0 Å². The van der Waals surface area contributed by atoms with Crippen LogP contribution in [0.15, 0.2) is 12.1 Å². The highest BCUT2D eigenvalue weighted by atomic mass is 19.2. The first kappa shape index (κ1) is 12.7. The highest BCUT2D eigenvalue weighted by Gasteiger charge is 2.28. The summed E-state index contributed by atoms with van der Waals surface area (Å²) in [6.07, 6.45) is 1.21. The van der Waals surface area contributed by atoms with Gasteiger partial charge in [-0.2, -0.15) is 0 Å². The Labute approximate surface area is 102 Å². The van der Waals surface area contributed by atoms with Gasteiger partial charge in [-0.25, -0.2) is 8.78 Å². The van der Waals surface area contributed by atoms with Crippen LogP contribution >= 0.6 is 0 Å². The molecule has 0 radical (unpaired) electrons. The van der Waals surface area contributed by atoms with Crippen LogP contribution in [0.2, 0.25) is 0 Å². The predicted molar refractivity (Wildman–Crippen MR) is 62.4 cm³/mol. The summed E-state index contributed by atoms with van der Waals surface area (Å²) in [5.41, 5.74) is 5.03. The number of rotatable bonds is 2. The zero-order chi connectivity index (χ0) is 13.3. The van der Waals surface area contributed by atoms with Gasteiger partial charge in [0.05, 0.1) is 4.92 Å². The minimum Gasteiger partial charge on any atom is -0.363 e. The molecule has 1 aromatic carbocycles. The maximum absolute atomic E-state index is 13.8. The van der Waals surface area contributed by atoms with Crippen molar-refractivity contribution >= 4 is 11.4 Å². The number of nitro benzene ring substituents is 1. The van der Waals surface area contributed by atoms with Crippen LogP contribution in [0.1, 0.15) is 12.8 Å². The third kappa shape index (κ3) is 2.26. The molecule has 0 bridgehead atoms. The van der Waals surface area contributed by atoms with Gasteiger partial charge in [0.1, 0.15) is 0 Å². The van der Waals surface area contributed by atoms with Gasteiger partial charge in [-0.3, -0.25) is 10.1 Å². The van der Waals surface area contributed by atoms with Crippen molar-refractivity contribution in [3.05, 3.63) is 33.9 Å². The predicted octanol–water partition coefficient (Wildman–Crippen LogP) is 1.80. The Hall–Kier alpha value is -1.76. The monoisotopic (exact) mass is 257 g/mol. The summed E-state index contributed by atoms with van der Waals surface area (Å²) in [4.78, 5) is 11.6. The van der Waals surface area contributed by atoms with Crippen LogP contribution in [0.4, 0.5) is 20.2 Å². The van der Waals surface area contributed by atoms with Crippen LogP contribution in [0.3, 0.4) is 0 Å². The molecule has 2 N–H and O–H groups in total. The van der Waals surface area contributed by atoms with E-state index in [1.165, 1.54) is 4.90 Å². The summed E-state index contributed by atoms with van der Waals surface area (Å²) in [5.74, 6) is -2.25. The van der Waals surface area contributed by atoms with E-state index in [9.17, 15) is 18.9 Å². The van der Waals surface area contributed by atoms with Crippen LogP contribution in [0.5, 0.6) is 0 Å². The molecule has 1 fully saturated rings. The Kier molecular flexibility index (Phi) is 3.42. The lowest BCUT2D eigenvalue weighted by Gasteiger charge is -2.31. The number of halogens is 2. The van der Waals surface area contributed by atoms with E-state index in [1.807, 2.05) is 0 Å². The number of nitro groups is 1. The zero-order valence-corrected chi connectivity index (χ0v) is 9.60. The molecule has 0 unspecified atom stereocenters. The SMILES string of the molecule is NC1CCN(c2c([N+](=O)[O-])ccc(F)c2F)CC1. The van der Waals surface area contributed by atoms with Crippen molar-refractivity contribution in [2.75, 3.05) is 18.0 Å². The van der Waals surface area contributed by atoms with E-state index < -0.39 is 22.2 Å². The molecule has 0 atom stereocenters. The molecule has 2 rings (SSSR count). The second kappa shape index (κ2) is 4.85. The molecule has 1 saturated heterocycles. The van der Waals surface area contributed by atoms with Crippen LogP contribution in [0.25, 0.3) is 0 Å². The number of hydrogen-bond donors (Lipinski definition) is 1. The Balaban J connectivity index is 2.41. The Bertz CT molecular complexity index is 474. The lowest BCUT2D eigenvalue weighted by atomic mass is 10.0. The molecule has 0 aliphatic carbocycles. The van der Waals surface area contributed by atoms with Gasteiger partial charge in [0.15, 0.2) is 17.3 Å². The van der Waals surface area contributed by atoms with Crippen LogP contribution < -0.4 is 10.6 Å². The highest BCUT2D eigenvalue weighted by molar-refractivity contribution is 5.64. The first-order valence-corrected chi connectivity index (χ1v) is 5.63. The van der Waals surface area contributed by atoms with Crippen molar-refractivity contribution in [3.8, 4) is 0 Å². The molecule has 1 aromatic rings. The zero-order valence-electron chi connectivity index (χ0n) is 9.60. The van der Waals surface area contributed by atoms with E-state index >= 15 is 0 Å². The fourth-order valence-corrected chi connectivity index (χ4v) is 2.10. The van der Waals surface area contributed by atoms with Gasteiger partial charge < -0.3 is 10.6 Å². The fourth-order valence-electron chi connectivity index (χ4n) is 2.10. The normalized spacial score (nSPS) is 16.9. The van der Waals surface area contributed by atoms with Crippen LogP contribution in [-0.2, 0) is 0 Å². The summed E-state index contributed by atoms with van der Waals surface area (Å²) in [7, 11) is 0. The highest BCUT2D eigenvalue weighted by Crippen LogP contribution is 2.34. The summed E-state index contributed by atoms with van der Waals surface area (Å²) in [6.45, 7) is 0.782. The number of piperidine rings is 1. The van der Waals surface area contributed by atoms with Crippen molar-refractivity contribution in [1.29, 1.82) is 0 Å². The van der Waals surface area contributed by atoms with Gasteiger partial charge in [0, 0.05) is 25.2 Å². The van der Waals surface area contributed by atoms with Gasteiger partial charge in [0.25, 0.3) is 5.69 Å². The number of nitrogens with zero attached hydrogens (tertiary/aromatic N) is 2. The maximum Gasteiger partial charge on any atom is 0.295 e. The average Bonchev–Trinajstić information content (AvgIpc) is 2.33. The molecule has 0 amide bonds. The lowest BCUT2D eigenvalue weighted by molar-refractivity contribution is -0.384. The van der Waals surface area contributed by atoms with Crippen LogP contribution in [0, 0.1) is 21.7 Å². The third-order valence-electron chi connectivity index (χ3n) is 3.10. The summed E-state index contributed by atoms with van der Waals surface area (Å²) >= 11 is 0. The largest absolute Gasteiger partial charge is 0.363 e. The molecular weight excluding hydrogens is 244 g/mol. The molecule has 0 spiro atoms. The molecule has 98 valence electrons. The molecule has 1 aliphatic heterocycles. The molecule has 1 heterocycles. The molecule has 18 heavy (non-hydrogen) atoms. The summed E-state index contributed by atoms with van der Waals surface area (Å²) < 4.78 is 27.0. The van der Waals surface area contributed by atoms with E-state index in [0.717, 1.165) is 12.1 Å². The van der Waals surface area contributed by atoms with Crippen molar-refractivity contribution in [2.45, 2.75) is 18.9 Å². The summed E-state index contributed by atoms with van der Waals surface area (Å²) in [5, 5.41) is 10.9. The molecule has 1 aliphatic rings. The van der Waals surface area contributed by atoms with E-state index in [4.69, 9.17) is 5.73 Å². The molecule has 0 aromatic heterocycles. The lowest BCUT2D eigenvalue weighted by Crippen LogP contribution is -2.40. The van der Waals surface area contributed by atoms with Crippen molar-refractivity contribution in [1.82, 2.24) is 0 Å². The number of anilines is 1. The molecule has 7 heteroatoms. The first-order valence-electron chi connectivity index (χ1n) is 5.63. The van der Waals surface area contributed by atoms with Gasteiger partial charge in [-0.15, -0.1) is 0 Å². The third-order valence-corrected chi connectivity index (χ3v) is 3.10. The van der Waals surface area contributed by atoms with Crippen molar-refractivity contribution < 1.29 is 13.7 Å². The quantitative estimate of drug-likeness (QED) is 0.647. The maximum atomic E-state index is 13.8. The van der Waals surface area contributed by atoms with E-state index in [2.05, 4.69) is 0 Å². The Morgan fingerprint density at radius 1 is 1.33 bits per heavy atom. The van der Waals surface area contributed by atoms with E-state index in [0.29, 0.717) is 25.9 Å². The fraction of sp³-hybridized carbons (Fsp3) is 0.455. The second-order valence-electron chi connectivity index (χ2n) is 4.31. The van der Waals surface area contributed by atoms with E-state index in [-0.39, 0.29) is 11.7 Å². The van der Waals surface area contributed by atoms with E-state index in [1.54, 1.807) is 0 Å². The molecule has 0 saturated carbocycles. The smallest absolute Gasteiger partial charge is 0.295 e. The second-order valence-corrected chi connectivity index (χ2v) is 4.31. The van der Waals surface area contributed by atoms with Gasteiger partial charge >= 0.3 is 0 Å². The van der Waals surface area contributed by atoms with Gasteiger partial charge in [0.2, 0.25) is 0 Å². The van der Waals surface area contributed by atoms with Crippen molar-refractivity contribution in [2.24, 2.45) is 5.73 Å². The van der Waals surface area contributed by atoms with Gasteiger partial charge in [-0.05, 0) is 18.9 Å². The first-order chi connectivity index (χ1) is 8.50.